The van der Waals surface area contributed by atoms with Crippen molar-refractivity contribution in [2.75, 3.05) is 39.4 Å². The molecule has 1 N–H and O–H groups in total. The van der Waals surface area contributed by atoms with Gasteiger partial charge in [0.2, 0.25) is 0 Å². The van der Waals surface area contributed by atoms with E-state index in [1.54, 1.807) is 12.3 Å². The van der Waals surface area contributed by atoms with Crippen molar-refractivity contribution >= 4 is 17.3 Å². The van der Waals surface area contributed by atoms with E-state index in [0.717, 1.165) is 74.5 Å². The summed E-state index contributed by atoms with van der Waals surface area (Å²) in [7, 11) is 0. The summed E-state index contributed by atoms with van der Waals surface area (Å²) in [5, 5.41) is 4.15. The SMILES string of the molecule is Cc1cc([C@@H]2[C@@H](c3ccccn3)NC(=S)N2CCCN2CCOCC2)c(C)n1-c1cccc(C(F)(F)F)c1. The van der Waals surface area contributed by atoms with Gasteiger partial charge in [0, 0.05) is 49.5 Å². The van der Waals surface area contributed by atoms with Crippen LogP contribution >= 0.6 is 12.2 Å². The number of rotatable bonds is 7. The van der Waals surface area contributed by atoms with E-state index in [2.05, 4.69) is 26.2 Å². The summed E-state index contributed by atoms with van der Waals surface area (Å²) < 4.78 is 47.8. The van der Waals surface area contributed by atoms with Crippen LogP contribution in [0.1, 0.15) is 46.7 Å². The number of morpholine rings is 1. The van der Waals surface area contributed by atoms with Crippen molar-refractivity contribution in [3.8, 4) is 5.69 Å². The lowest BCUT2D eigenvalue weighted by Crippen LogP contribution is -2.39. The molecule has 10 heteroatoms. The van der Waals surface area contributed by atoms with Gasteiger partial charge in [0.05, 0.1) is 36.6 Å². The third-order valence-corrected chi connectivity index (χ3v) is 7.75. The largest absolute Gasteiger partial charge is 0.416 e. The zero-order chi connectivity index (χ0) is 26.9. The van der Waals surface area contributed by atoms with Crippen LogP contribution in [-0.2, 0) is 10.9 Å². The Kier molecular flexibility index (Phi) is 7.74. The van der Waals surface area contributed by atoms with Gasteiger partial charge < -0.3 is 19.5 Å². The minimum absolute atomic E-state index is 0.146. The Morgan fingerprint density at radius 1 is 1.05 bits per heavy atom. The van der Waals surface area contributed by atoms with Crippen molar-refractivity contribution in [3.05, 3.63) is 82.9 Å². The van der Waals surface area contributed by atoms with Gasteiger partial charge in [0.25, 0.3) is 0 Å². The third-order valence-electron chi connectivity index (χ3n) is 7.40. The van der Waals surface area contributed by atoms with Crippen molar-refractivity contribution in [1.82, 2.24) is 24.7 Å². The molecule has 0 amide bonds. The molecule has 0 spiro atoms. The van der Waals surface area contributed by atoms with E-state index in [0.29, 0.717) is 10.8 Å². The fourth-order valence-electron chi connectivity index (χ4n) is 5.58. The number of aryl methyl sites for hydroxylation is 1. The lowest BCUT2D eigenvalue weighted by molar-refractivity contribution is -0.137. The van der Waals surface area contributed by atoms with Crippen molar-refractivity contribution < 1.29 is 17.9 Å². The van der Waals surface area contributed by atoms with Gasteiger partial charge in [-0.05, 0) is 74.4 Å². The molecule has 4 heterocycles. The molecule has 2 atom stereocenters. The van der Waals surface area contributed by atoms with Gasteiger partial charge in [-0.1, -0.05) is 12.1 Å². The van der Waals surface area contributed by atoms with Crippen LogP contribution < -0.4 is 5.32 Å². The molecule has 0 unspecified atom stereocenters. The van der Waals surface area contributed by atoms with Gasteiger partial charge in [-0.2, -0.15) is 13.2 Å². The molecule has 6 nitrogen and oxygen atoms in total. The van der Waals surface area contributed by atoms with Gasteiger partial charge in [0.1, 0.15) is 0 Å². The van der Waals surface area contributed by atoms with Crippen LogP contribution in [0, 0.1) is 13.8 Å². The quantitative estimate of drug-likeness (QED) is 0.414. The molecule has 2 aliphatic heterocycles. The highest BCUT2D eigenvalue weighted by molar-refractivity contribution is 7.80. The molecule has 2 fully saturated rings. The summed E-state index contributed by atoms with van der Waals surface area (Å²) in [4.78, 5) is 9.23. The van der Waals surface area contributed by atoms with Crippen molar-refractivity contribution in [1.29, 1.82) is 0 Å². The molecule has 202 valence electrons. The van der Waals surface area contributed by atoms with Crippen LogP contribution in [0.15, 0.2) is 54.7 Å². The average Bonchev–Trinajstić information content (AvgIpc) is 3.39. The predicted molar refractivity (Wildman–Crippen MR) is 144 cm³/mol. The van der Waals surface area contributed by atoms with E-state index in [1.807, 2.05) is 36.6 Å². The fraction of sp³-hybridized carbons (Fsp3) is 0.429. The van der Waals surface area contributed by atoms with E-state index in [-0.39, 0.29) is 12.1 Å². The number of pyridine rings is 1. The number of nitrogens with zero attached hydrogens (tertiary/aromatic N) is 4. The first-order valence-corrected chi connectivity index (χ1v) is 13.3. The number of thiocarbonyl (C=S) groups is 1. The summed E-state index contributed by atoms with van der Waals surface area (Å²) in [6.45, 7) is 8.98. The number of hydrogen-bond donors (Lipinski definition) is 1. The molecule has 0 bridgehead atoms. The van der Waals surface area contributed by atoms with Crippen LogP contribution in [0.5, 0.6) is 0 Å². The fourth-order valence-corrected chi connectivity index (χ4v) is 5.91. The van der Waals surface area contributed by atoms with Crippen LogP contribution in [0.4, 0.5) is 13.2 Å². The molecule has 0 aliphatic carbocycles. The number of halogens is 3. The van der Waals surface area contributed by atoms with Gasteiger partial charge in [-0.3, -0.25) is 9.88 Å². The van der Waals surface area contributed by atoms with E-state index in [1.165, 1.54) is 12.1 Å². The highest BCUT2D eigenvalue weighted by Gasteiger charge is 2.41. The Morgan fingerprint density at radius 3 is 2.55 bits per heavy atom. The molecule has 0 radical (unpaired) electrons. The highest BCUT2D eigenvalue weighted by Crippen LogP contribution is 2.41. The third kappa shape index (κ3) is 5.43. The Morgan fingerprint density at radius 2 is 1.84 bits per heavy atom. The Hall–Kier alpha value is -2.95. The maximum absolute atomic E-state index is 13.5. The van der Waals surface area contributed by atoms with Crippen LogP contribution in [0.25, 0.3) is 5.69 Å². The molecule has 1 aromatic carbocycles. The van der Waals surface area contributed by atoms with Gasteiger partial charge in [-0.15, -0.1) is 0 Å². The van der Waals surface area contributed by atoms with E-state index in [9.17, 15) is 13.2 Å². The topological polar surface area (TPSA) is 45.6 Å². The van der Waals surface area contributed by atoms with Crippen molar-refractivity contribution in [3.63, 3.8) is 0 Å². The molecular weight excluding hydrogens is 511 g/mol. The van der Waals surface area contributed by atoms with Gasteiger partial charge in [-0.25, -0.2) is 0 Å². The molecular formula is C28H32F3N5OS. The summed E-state index contributed by atoms with van der Waals surface area (Å²) in [5.74, 6) is 0. The molecule has 2 aliphatic rings. The smallest absolute Gasteiger partial charge is 0.379 e. The summed E-state index contributed by atoms with van der Waals surface area (Å²) in [6, 6.07) is 13.0. The monoisotopic (exact) mass is 543 g/mol. The first-order valence-electron chi connectivity index (χ1n) is 12.9. The van der Waals surface area contributed by atoms with Crippen LogP contribution in [0.2, 0.25) is 0 Å². The van der Waals surface area contributed by atoms with E-state index < -0.39 is 11.7 Å². The molecule has 0 saturated carbocycles. The molecule has 5 rings (SSSR count). The first-order chi connectivity index (χ1) is 18.2. The number of ether oxygens (including phenoxy) is 1. The first kappa shape index (κ1) is 26.6. The number of alkyl halides is 3. The maximum atomic E-state index is 13.5. The van der Waals surface area contributed by atoms with E-state index >= 15 is 0 Å². The summed E-state index contributed by atoms with van der Waals surface area (Å²) in [6.07, 6.45) is -1.71. The molecule has 38 heavy (non-hydrogen) atoms. The lowest BCUT2D eigenvalue weighted by atomic mass is 9.96. The second-order valence-electron chi connectivity index (χ2n) is 9.84. The van der Waals surface area contributed by atoms with Gasteiger partial charge in [0.15, 0.2) is 5.11 Å². The van der Waals surface area contributed by atoms with E-state index in [4.69, 9.17) is 17.0 Å². The van der Waals surface area contributed by atoms with Crippen LogP contribution in [0.3, 0.4) is 0 Å². The second kappa shape index (κ2) is 11.0. The van der Waals surface area contributed by atoms with Crippen LogP contribution in [-0.4, -0.2) is 63.9 Å². The number of aromatic nitrogens is 2. The zero-order valence-electron chi connectivity index (χ0n) is 21.5. The number of hydrogen-bond acceptors (Lipinski definition) is 4. The maximum Gasteiger partial charge on any atom is 0.416 e. The normalized spacial score (nSPS) is 20.7. The minimum Gasteiger partial charge on any atom is -0.379 e. The molecule has 2 aromatic heterocycles. The summed E-state index contributed by atoms with van der Waals surface area (Å²) >= 11 is 5.82. The lowest BCUT2D eigenvalue weighted by Gasteiger charge is -2.30. The standard InChI is InChI=1S/C28H32F3N5OS/c1-19-17-23(20(2)36(19)22-8-5-7-21(18-22)28(29,30)31)26-25(24-9-3-4-10-32-24)33-27(38)35(26)12-6-11-34-13-15-37-16-14-34/h3-5,7-10,17-18,25-26H,6,11-16H2,1-2H3,(H,33,38)/t25-,26-/m1/s1. The minimum atomic E-state index is -4.41. The zero-order valence-corrected chi connectivity index (χ0v) is 22.4. The Labute approximate surface area is 226 Å². The average molecular weight is 544 g/mol. The number of benzene rings is 1. The second-order valence-corrected chi connectivity index (χ2v) is 10.2. The highest BCUT2D eigenvalue weighted by atomic mass is 32.1. The predicted octanol–water partition coefficient (Wildman–Crippen LogP) is 5.20. The molecule has 2 saturated heterocycles. The number of nitrogens with one attached hydrogen (secondary N) is 1. The van der Waals surface area contributed by atoms with Crippen molar-refractivity contribution in [2.24, 2.45) is 0 Å². The molecule has 3 aromatic rings. The summed E-state index contributed by atoms with van der Waals surface area (Å²) in [5.41, 5.74) is 3.47. The van der Waals surface area contributed by atoms with Crippen molar-refractivity contribution in [2.45, 2.75) is 38.5 Å². The Balaban J connectivity index is 1.49. The van der Waals surface area contributed by atoms with Gasteiger partial charge >= 0.3 is 6.18 Å². The Bertz CT molecular complexity index is 1270.